The fraction of sp³-hybridized carbons (Fsp3) is 0.333. The zero-order valence-electron chi connectivity index (χ0n) is 17.0. The molecule has 0 atom stereocenters. The molecule has 0 amide bonds. The van der Waals surface area contributed by atoms with Gasteiger partial charge in [0.1, 0.15) is 22.9 Å². The summed E-state index contributed by atoms with van der Waals surface area (Å²) in [5.74, 6) is 1.53. The summed E-state index contributed by atoms with van der Waals surface area (Å²) in [4.78, 5) is 14.4. The molecule has 6 heteroatoms. The summed E-state index contributed by atoms with van der Waals surface area (Å²) in [6.07, 6.45) is 0. The summed E-state index contributed by atoms with van der Waals surface area (Å²) in [7, 11) is 3.25. The minimum absolute atomic E-state index is 0.608. The van der Waals surface area contributed by atoms with Crippen LogP contribution in [0.3, 0.4) is 0 Å². The van der Waals surface area contributed by atoms with Crippen molar-refractivity contribution < 1.29 is 9.57 Å². The third-order valence-electron chi connectivity index (χ3n) is 4.90. The Kier molecular flexibility index (Phi) is 4.93. The predicted octanol–water partition coefficient (Wildman–Crippen LogP) is 4.09. The zero-order valence-corrected chi connectivity index (χ0v) is 17.0. The van der Waals surface area contributed by atoms with Crippen LogP contribution in [0, 0.1) is 34.6 Å². The number of nitrogens with one attached hydrogen (secondary N) is 1. The molecule has 0 bridgehead atoms. The van der Waals surface area contributed by atoms with E-state index in [1.807, 2.05) is 19.1 Å². The molecule has 3 aromatic rings. The van der Waals surface area contributed by atoms with Crippen molar-refractivity contribution in [2.75, 3.05) is 14.2 Å². The summed E-state index contributed by atoms with van der Waals surface area (Å²) in [5, 5.41) is 0.974. The van der Waals surface area contributed by atoms with E-state index in [0.717, 1.165) is 50.5 Å². The molecule has 0 fully saturated rings. The number of fused-ring (bicyclic) bond motifs is 1. The van der Waals surface area contributed by atoms with Crippen LogP contribution >= 0.6 is 0 Å². The molecule has 0 unspecified atom stereocenters. The fourth-order valence-electron chi connectivity index (χ4n) is 3.62. The van der Waals surface area contributed by atoms with Gasteiger partial charge < -0.3 is 4.74 Å². The monoisotopic (exact) mass is 366 g/mol. The molecule has 0 radical (unpaired) electrons. The Morgan fingerprint density at radius 3 is 2.22 bits per heavy atom. The normalized spacial score (nSPS) is 11.1. The van der Waals surface area contributed by atoms with Crippen LogP contribution < -0.4 is 10.2 Å². The highest BCUT2D eigenvalue weighted by Gasteiger charge is 2.22. The highest BCUT2D eigenvalue weighted by molar-refractivity contribution is 5.93. The molecule has 1 N–H and O–H groups in total. The number of ether oxygens (including phenoxy) is 1. The van der Waals surface area contributed by atoms with E-state index in [-0.39, 0.29) is 0 Å². The van der Waals surface area contributed by atoms with Gasteiger partial charge in [-0.1, -0.05) is 6.58 Å². The summed E-state index contributed by atoms with van der Waals surface area (Å²) in [6, 6.07) is 4.09. The van der Waals surface area contributed by atoms with Gasteiger partial charge in [-0.05, 0) is 63.4 Å². The molecular weight excluding hydrogens is 340 g/mol. The minimum Gasteiger partial charge on any atom is -0.497 e. The van der Waals surface area contributed by atoms with Gasteiger partial charge in [0.25, 0.3) is 0 Å². The average Bonchev–Trinajstić information content (AvgIpc) is 2.85. The van der Waals surface area contributed by atoms with E-state index < -0.39 is 0 Å². The quantitative estimate of drug-likeness (QED) is 0.689. The highest BCUT2D eigenvalue weighted by atomic mass is 16.6. The second-order valence-corrected chi connectivity index (χ2v) is 6.76. The van der Waals surface area contributed by atoms with Gasteiger partial charge in [0, 0.05) is 5.69 Å². The van der Waals surface area contributed by atoms with Crippen LogP contribution in [0.15, 0.2) is 18.7 Å². The molecule has 3 rings (SSSR count). The predicted molar refractivity (Wildman–Crippen MR) is 108 cm³/mol. The molecule has 27 heavy (non-hydrogen) atoms. The summed E-state index contributed by atoms with van der Waals surface area (Å²) >= 11 is 0. The van der Waals surface area contributed by atoms with E-state index in [1.165, 1.54) is 0 Å². The van der Waals surface area contributed by atoms with Crippen LogP contribution in [0.4, 0.5) is 0 Å². The van der Waals surface area contributed by atoms with Crippen molar-refractivity contribution in [3.05, 3.63) is 52.6 Å². The molecule has 6 nitrogen and oxygen atoms in total. The maximum atomic E-state index is 5.42. The SMILES string of the molecule is C=C(NOC)c1nc(C)nc2c1c(C)c(C)n2-c1c(C)cc(OC)cc1C. The van der Waals surface area contributed by atoms with Crippen molar-refractivity contribution >= 4 is 16.7 Å². The fourth-order valence-corrected chi connectivity index (χ4v) is 3.62. The lowest BCUT2D eigenvalue weighted by atomic mass is 10.1. The van der Waals surface area contributed by atoms with Gasteiger partial charge in [0.2, 0.25) is 0 Å². The van der Waals surface area contributed by atoms with Crippen molar-refractivity contribution in [2.24, 2.45) is 0 Å². The molecule has 0 spiro atoms. The number of methoxy groups -OCH3 is 1. The average molecular weight is 366 g/mol. The van der Waals surface area contributed by atoms with Crippen molar-refractivity contribution in [3.63, 3.8) is 0 Å². The molecule has 2 heterocycles. The summed E-state index contributed by atoms with van der Waals surface area (Å²) in [5.41, 5.74) is 10.6. The van der Waals surface area contributed by atoms with Crippen molar-refractivity contribution in [3.8, 4) is 11.4 Å². The van der Waals surface area contributed by atoms with Crippen molar-refractivity contribution in [1.29, 1.82) is 0 Å². The Hall–Kier alpha value is -2.86. The van der Waals surface area contributed by atoms with Crippen LogP contribution in [0.25, 0.3) is 22.4 Å². The van der Waals surface area contributed by atoms with Crippen LogP contribution in [-0.2, 0) is 4.84 Å². The van der Waals surface area contributed by atoms with Gasteiger partial charge in [-0.25, -0.2) is 9.97 Å². The van der Waals surface area contributed by atoms with E-state index >= 15 is 0 Å². The Labute approximate surface area is 159 Å². The number of nitrogens with zero attached hydrogens (tertiary/aromatic N) is 3. The van der Waals surface area contributed by atoms with Crippen molar-refractivity contribution in [2.45, 2.75) is 34.6 Å². The number of hydrogen-bond acceptors (Lipinski definition) is 5. The standard InChI is InChI=1S/C21H26N4O2/c1-11-9-17(26-7)10-12(2)20(11)25-15(5)13(3)18-19(14(4)24-27-8)22-16(6)23-21(18)25/h9-10,24H,4H2,1-3,5-8H3. The molecule has 0 aliphatic rings. The maximum Gasteiger partial charge on any atom is 0.149 e. The largest absolute Gasteiger partial charge is 0.497 e. The zero-order chi connectivity index (χ0) is 19.9. The maximum absolute atomic E-state index is 5.42. The lowest BCUT2D eigenvalue weighted by Gasteiger charge is -2.16. The number of aryl methyl sites for hydroxylation is 4. The van der Waals surface area contributed by atoms with Crippen molar-refractivity contribution in [1.82, 2.24) is 20.0 Å². The molecule has 0 aliphatic heterocycles. The van der Waals surface area contributed by atoms with Gasteiger partial charge in [-0.2, -0.15) is 0 Å². The number of hydroxylamine groups is 1. The van der Waals surface area contributed by atoms with E-state index in [2.05, 4.69) is 49.3 Å². The molecule has 2 aromatic heterocycles. The van der Waals surface area contributed by atoms with Gasteiger partial charge in [0.05, 0.1) is 31.0 Å². The first-order valence-electron chi connectivity index (χ1n) is 8.80. The molecule has 142 valence electrons. The van der Waals surface area contributed by atoms with Gasteiger partial charge in [-0.3, -0.25) is 14.9 Å². The van der Waals surface area contributed by atoms with Crippen LogP contribution in [0.1, 0.15) is 33.9 Å². The first-order valence-corrected chi connectivity index (χ1v) is 8.80. The molecule has 0 aliphatic carbocycles. The summed E-state index contributed by atoms with van der Waals surface area (Å²) < 4.78 is 7.62. The lowest BCUT2D eigenvalue weighted by Crippen LogP contribution is -2.12. The lowest BCUT2D eigenvalue weighted by molar-refractivity contribution is 0.136. The Balaban J connectivity index is 2.40. The first kappa shape index (κ1) is 18.9. The van der Waals surface area contributed by atoms with Gasteiger partial charge >= 0.3 is 0 Å². The van der Waals surface area contributed by atoms with E-state index in [0.29, 0.717) is 11.5 Å². The smallest absolute Gasteiger partial charge is 0.149 e. The van der Waals surface area contributed by atoms with E-state index in [1.54, 1.807) is 14.2 Å². The topological polar surface area (TPSA) is 61.2 Å². The van der Waals surface area contributed by atoms with Crippen LogP contribution in [0.5, 0.6) is 5.75 Å². The van der Waals surface area contributed by atoms with E-state index in [9.17, 15) is 0 Å². The first-order chi connectivity index (χ1) is 12.8. The Morgan fingerprint density at radius 2 is 1.67 bits per heavy atom. The van der Waals surface area contributed by atoms with Crippen LogP contribution in [-0.4, -0.2) is 28.8 Å². The molecule has 1 aromatic carbocycles. The molecule has 0 saturated heterocycles. The van der Waals surface area contributed by atoms with Gasteiger partial charge in [0.15, 0.2) is 0 Å². The van der Waals surface area contributed by atoms with Crippen LogP contribution in [0.2, 0.25) is 0 Å². The Bertz CT molecular complexity index is 1030. The summed E-state index contributed by atoms with van der Waals surface area (Å²) in [6.45, 7) is 14.3. The highest BCUT2D eigenvalue weighted by Crippen LogP contribution is 2.34. The minimum atomic E-state index is 0.608. The number of benzene rings is 1. The number of aromatic nitrogens is 3. The third-order valence-corrected chi connectivity index (χ3v) is 4.90. The molecule has 0 saturated carbocycles. The number of hydrogen-bond donors (Lipinski definition) is 1. The third kappa shape index (κ3) is 3.06. The van der Waals surface area contributed by atoms with Gasteiger partial charge in [-0.15, -0.1) is 0 Å². The molecular formula is C21H26N4O2. The second-order valence-electron chi connectivity index (χ2n) is 6.76. The van der Waals surface area contributed by atoms with E-state index in [4.69, 9.17) is 14.6 Å². The number of rotatable bonds is 5. The second kappa shape index (κ2) is 7.04. The Morgan fingerprint density at radius 1 is 1.04 bits per heavy atom.